The van der Waals surface area contributed by atoms with E-state index < -0.39 is 0 Å². The van der Waals surface area contributed by atoms with Gasteiger partial charge in [-0.15, -0.1) is 11.8 Å². The SMILES string of the molecule is CCCCCSc1ccccc1CNCC. The van der Waals surface area contributed by atoms with E-state index in [4.69, 9.17) is 0 Å². The van der Waals surface area contributed by atoms with Crippen molar-refractivity contribution in [1.82, 2.24) is 5.32 Å². The summed E-state index contributed by atoms with van der Waals surface area (Å²) in [7, 11) is 0. The van der Waals surface area contributed by atoms with E-state index in [1.165, 1.54) is 35.5 Å². The van der Waals surface area contributed by atoms with Crippen molar-refractivity contribution in [3.05, 3.63) is 29.8 Å². The molecule has 0 unspecified atom stereocenters. The van der Waals surface area contributed by atoms with E-state index in [1.807, 2.05) is 11.8 Å². The second-order valence-corrected chi connectivity index (χ2v) is 5.08. The zero-order valence-electron chi connectivity index (χ0n) is 10.5. The van der Waals surface area contributed by atoms with Crippen molar-refractivity contribution in [3.63, 3.8) is 0 Å². The first-order valence-corrected chi connectivity index (χ1v) is 7.28. The van der Waals surface area contributed by atoms with Gasteiger partial charge in [0.25, 0.3) is 0 Å². The number of hydrogen-bond acceptors (Lipinski definition) is 2. The van der Waals surface area contributed by atoms with Crippen molar-refractivity contribution in [2.45, 2.75) is 44.6 Å². The van der Waals surface area contributed by atoms with Crippen molar-refractivity contribution < 1.29 is 0 Å². The van der Waals surface area contributed by atoms with Gasteiger partial charge in [0.2, 0.25) is 0 Å². The Balaban J connectivity index is 2.43. The van der Waals surface area contributed by atoms with Gasteiger partial charge >= 0.3 is 0 Å². The Labute approximate surface area is 104 Å². The van der Waals surface area contributed by atoms with E-state index in [0.29, 0.717) is 0 Å². The van der Waals surface area contributed by atoms with Crippen LogP contribution in [-0.2, 0) is 6.54 Å². The molecule has 0 saturated carbocycles. The van der Waals surface area contributed by atoms with Crippen molar-refractivity contribution in [2.75, 3.05) is 12.3 Å². The molecule has 1 aromatic rings. The molecule has 0 fully saturated rings. The standard InChI is InChI=1S/C14H23NS/c1-3-5-8-11-16-14-10-7-6-9-13(14)12-15-4-2/h6-7,9-10,15H,3-5,8,11-12H2,1-2H3. The Morgan fingerprint density at radius 3 is 2.69 bits per heavy atom. The lowest BCUT2D eigenvalue weighted by molar-refractivity contribution is 0.717. The second kappa shape index (κ2) is 8.66. The first-order chi connectivity index (χ1) is 7.88. The van der Waals surface area contributed by atoms with Crippen LogP contribution in [0.2, 0.25) is 0 Å². The molecule has 0 spiro atoms. The highest BCUT2D eigenvalue weighted by atomic mass is 32.2. The van der Waals surface area contributed by atoms with Gasteiger partial charge in [0, 0.05) is 11.4 Å². The first kappa shape index (κ1) is 13.6. The van der Waals surface area contributed by atoms with Crippen molar-refractivity contribution in [1.29, 1.82) is 0 Å². The van der Waals surface area contributed by atoms with Crippen LogP contribution in [-0.4, -0.2) is 12.3 Å². The van der Waals surface area contributed by atoms with E-state index in [-0.39, 0.29) is 0 Å². The maximum Gasteiger partial charge on any atom is 0.0216 e. The predicted molar refractivity (Wildman–Crippen MR) is 74.1 cm³/mol. The zero-order valence-corrected chi connectivity index (χ0v) is 11.3. The van der Waals surface area contributed by atoms with Gasteiger partial charge in [0.1, 0.15) is 0 Å². The van der Waals surface area contributed by atoms with Crippen LogP contribution >= 0.6 is 11.8 Å². The van der Waals surface area contributed by atoms with Crippen LogP contribution in [0, 0.1) is 0 Å². The summed E-state index contributed by atoms with van der Waals surface area (Å²) in [6.07, 6.45) is 3.98. The molecule has 0 aliphatic rings. The fourth-order valence-corrected chi connectivity index (χ4v) is 2.65. The largest absolute Gasteiger partial charge is 0.313 e. The van der Waals surface area contributed by atoms with Gasteiger partial charge in [-0.25, -0.2) is 0 Å². The average Bonchev–Trinajstić information content (AvgIpc) is 2.33. The molecule has 90 valence electrons. The van der Waals surface area contributed by atoms with Gasteiger partial charge in [0.05, 0.1) is 0 Å². The van der Waals surface area contributed by atoms with Crippen LogP contribution in [0.15, 0.2) is 29.2 Å². The average molecular weight is 237 g/mol. The molecule has 1 nitrogen and oxygen atoms in total. The van der Waals surface area contributed by atoms with Crippen LogP contribution in [0.4, 0.5) is 0 Å². The summed E-state index contributed by atoms with van der Waals surface area (Å²) in [5, 5.41) is 3.39. The van der Waals surface area contributed by atoms with E-state index in [1.54, 1.807) is 0 Å². The fraction of sp³-hybridized carbons (Fsp3) is 0.571. The third kappa shape index (κ3) is 5.04. The summed E-state index contributed by atoms with van der Waals surface area (Å²) in [6.45, 7) is 6.43. The highest BCUT2D eigenvalue weighted by molar-refractivity contribution is 7.99. The number of thioether (sulfide) groups is 1. The molecule has 0 heterocycles. The fourth-order valence-electron chi connectivity index (χ4n) is 1.58. The summed E-state index contributed by atoms with van der Waals surface area (Å²) in [5.41, 5.74) is 1.44. The molecule has 1 aromatic carbocycles. The number of rotatable bonds is 8. The second-order valence-electron chi connectivity index (χ2n) is 3.94. The van der Waals surface area contributed by atoms with E-state index >= 15 is 0 Å². The summed E-state index contributed by atoms with van der Waals surface area (Å²) in [4.78, 5) is 1.44. The molecule has 0 radical (unpaired) electrons. The van der Waals surface area contributed by atoms with Crippen molar-refractivity contribution >= 4 is 11.8 Å². The minimum atomic E-state index is 0.994. The van der Waals surface area contributed by atoms with Crippen molar-refractivity contribution in [3.8, 4) is 0 Å². The smallest absolute Gasteiger partial charge is 0.0216 e. The number of nitrogens with one attached hydrogen (secondary N) is 1. The summed E-state index contributed by atoms with van der Waals surface area (Å²) >= 11 is 2.00. The molecule has 1 rings (SSSR count). The van der Waals surface area contributed by atoms with Crippen molar-refractivity contribution in [2.24, 2.45) is 0 Å². The summed E-state index contributed by atoms with van der Waals surface area (Å²) < 4.78 is 0. The molecule has 0 aliphatic heterocycles. The Bertz CT molecular complexity index is 286. The molecule has 1 N–H and O–H groups in total. The number of benzene rings is 1. The van der Waals surface area contributed by atoms with E-state index in [0.717, 1.165) is 13.1 Å². The maximum absolute atomic E-state index is 3.39. The maximum atomic E-state index is 3.39. The molecule has 0 saturated heterocycles. The molecule has 0 aromatic heterocycles. The minimum absolute atomic E-state index is 0.994. The lowest BCUT2D eigenvalue weighted by Crippen LogP contribution is -2.12. The molecule has 0 bridgehead atoms. The lowest BCUT2D eigenvalue weighted by atomic mass is 10.2. The van der Waals surface area contributed by atoms with E-state index in [2.05, 4.69) is 43.4 Å². The monoisotopic (exact) mass is 237 g/mol. The van der Waals surface area contributed by atoms with Gasteiger partial charge in [-0.05, 0) is 30.3 Å². The van der Waals surface area contributed by atoms with E-state index in [9.17, 15) is 0 Å². The molecular weight excluding hydrogens is 214 g/mol. The van der Waals surface area contributed by atoms with Crippen LogP contribution < -0.4 is 5.32 Å². The Morgan fingerprint density at radius 2 is 1.94 bits per heavy atom. The highest BCUT2D eigenvalue weighted by Crippen LogP contribution is 2.23. The van der Waals surface area contributed by atoms with Gasteiger partial charge in [-0.3, -0.25) is 0 Å². The van der Waals surface area contributed by atoms with Gasteiger partial charge in [0.15, 0.2) is 0 Å². The van der Waals surface area contributed by atoms with Gasteiger partial charge < -0.3 is 5.32 Å². The Morgan fingerprint density at radius 1 is 1.12 bits per heavy atom. The van der Waals surface area contributed by atoms with Gasteiger partial charge in [-0.1, -0.05) is 44.9 Å². The third-order valence-corrected chi connectivity index (χ3v) is 3.75. The number of hydrogen-bond donors (Lipinski definition) is 1. The Hall–Kier alpha value is -0.470. The van der Waals surface area contributed by atoms with Gasteiger partial charge in [-0.2, -0.15) is 0 Å². The molecule has 0 amide bonds. The third-order valence-electron chi connectivity index (χ3n) is 2.54. The van der Waals surface area contributed by atoms with Crippen LogP contribution in [0.25, 0.3) is 0 Å². The number of unbranched alkanes of at least 4 members (excludes halogenated alkanes) is 2. The summed E-state index contributed by atoms with van der Waals surface area (Å²) in [5.74, 6) is 1.25. The molecule has 2 heteroatoms. The topological polar surface area (TPSA) is 12.0 Å². The first-order valence-electron chi connectivity index (χ1n) is 6.30. The lowest BCUT2D eigenvalue weighted by Gasteiger charge is -2.09. The summed E-state index contributed by atoms with van der Waals surface area (Å²) in [6, 6.07) is 8.73. The minimum Gasteiger partial charge on any atom is -0.313 e. The molecular formula is C14H23NS. The molecule has 0 atom stereocenters. The normalized spacial score (nSPS) is 10.6. The predicted octanol–water partition coefficient (Wildman–Crippen LogP) is 4.08. The van der Waals surface area contributed by atoms with Crippen LogP contribution in [0.3, 0.4) is 0 Å². The quantitative estimate of drug-likeness (QED) is 0.540. The van der Waals surface area contributed by atoms with Crippen LogP contribution in [0.5, 0.6) is 0 Å². The zero-order chi connectivity index (χ0) is 11.6. The Kier molecular flexibility index (Phi) is 7.35. The molecule has 16 heavy (non-hydrogen) atoms. The van der Waals surface area contributed by atoms with Crippen LogP contribution in [0.1, 0.15) is 38.7 Å². The highest BCUT2D eigenvalue weighted by Gasteiger charge is 2.01. The molecule has 0 aliphatic carbocycles.